The van der Waals surface area contributed by atoms with Crippen molar-refractivity contribution in [1.82, 2.24) is 39.3 Å². The quantitative estimate of drug-likeness (QED) is 0.104. The monoisotopic (exact) mass is 1160 g/mol. The van der Waals surface area contributed by atoms with Crippen LogP contribution in [0.25, 0.3) is 22.1 Å². The molecule has 4 aromatic rings. The number of rotatable bonds is 3. The summed E-state index contributed by atoms with van der Waals surface area (Å²) in [5.74, 6) is 1.09. The molecule has 2 aliphatic heterocycles. The summed E-state index contributed by atoms with van der Waals surface area (Å²) in [5, 5.41) is 1.84. The van der Waals surface area contributed by atoms with Crippen LogP contribution < -0.4 is 11.5 Å². The molecule has 0 bridgehead atoms. The van der Waals surface area contributed by atoms with Gasteiger partial charge in [-0.1, -0.05) is 75.2 Å². The number of halogens is 3. The topological polar surface area (TPSA) is 235 Å². The molecule has 2 saturated heterocycles. The van der Waals surface area contributed by atoms with Crippen molar-refractivity contribution >= 4 is 124 Å². The van der Waals surface area contributed by atoms with Crippen molar-refractivity contribution in [3.05, 3.63) is 37.2 Å². The first kappa shape index (κ1) is 54.6. The number of nitrogens with one attached hydrogen (secondary N) is 1. The molecule has 0 aromatic carbocycles. The molecule has 2 fully saturated rings. The van der Waals surface area contributed by atoms with E-state index >= 15 is 0 Å². The van der Waals surface area contributed by atoms with Gasteiger partial charge in [0.25, 0.3) is 10.1 Å². The third-order valence-electron chi connectivity index (χ3n) is 8.14. The minimum absolute atomic E-state index is 0. The lowest BCUT2D eigenvalue weighted by molar-refractivity contribution is -0.191. The van der Waals surface area contributed by atoms with Crippen LogP contribution in [0.1, 0.15) is 80.7 Å². The molecule has 0 aliphatic carbocycles. The highest BCUT2D eigenvalue weighted by molar-refractivity contribution is 14.2. The zero-order valence-electron chi connectivity index (χ0n) is 33.2. The molecule has 17 nitrogen and oxygen atoms in total. The van der Waals surface area contributed by atoms with Crippen molar-refractivity contribution in [1.29, 1.82) is 0 Å². The highest BCUT2D eigenvalue weighted by atomic mass is 127. The Morgan fingerprint density at radius 3 is 1.88 bits per heavy atom. The average Bonchev–Trinajstić information content (AvgIpc) is 3.79. The standard InChI is InChI=1S/C15H23N5.C11H21NO5S.C6H6N4.CH2I2.CH3I.CO2.CH4/c1-15(2,3)19-7-4-11(5-8-19)20-9-6-12-13(16)17-10-18-14(12)20;1-11(2,3)16-10(13)12-7-5-9(6-8-12)17-18(4,14)15;7-5-4-1-2-8-6(4)10-3-9-5;2-1-3;1-2;2-1-3;/h6,9-11H,4-5,7-8H2,1-3H3,(H2,16,17,18);9H,5-8H2,1-4H3;1-3H,(H3,7,8,9,10);1H2;1H3;;1H4. The Balaban J connectivity index is 0.000000774. The normalized spacial score (nSPS) is 14.9. The van der Waals surface area contributed by atoms with E-state index < -0.39 is 15.7 Å². The van der Waals surface area contributed by atoms with Crippen molar-refractivity contribution in [2.75, 3.05) is 51.3 Å². The molecule has 0 saturated carbocycles. The maximum absolute atomic E-state index is 11.8. The van der Waals surface area contributed by atoms with Crippen LogP contribution in [0.15, 0.2) is 37.2 Å². The first-order chi connectivity index (χ1) is 26.2. The number of fused-ring (bicyclic) bond motifs is 2. The third kappa shape index (κ3) is 19.9. The number of ether oxygens (including phenoxy) is 1. The fourth-order valence-electron chi connectivity index (χ4n) is 5.70. The van der Waals surface area contributed by atoms with E-state index in [2.05, 4.69) is 129 Å². The van der Waals surface area contributed by atoms with E-state index in [0.717, 1.165) is 54.3 Å². The number of nitrogens with zero attached hydrogens (tertiary/aromatic N) is 7. The molecule has 0 unspecified atom stereocenters. The average molecular weight is 1160 g/mol. The van der Waals surface area contributed by atoms with Gasteiger partial charge in [0, 0.05) is 50.2 Å². The largest absolute Gasteiger partial charge is 0.444 e. The maximum Gasteiger partial charge on any atom is 0.410 e. The number of piperidine rings is 2. The SMILES string of the molecule is C.CC(C)(C)N1CCC(n2ccc3c(N)ncnc32)CC1.CC(C)(C)OC(=O)N1CCC(OS(C)(=O)=O)CC1.CI.ICI.Nc1ncnc2[nH]ccc12.O=C=O. The summed E-state index contributed by atoms with van der Waals surface area (Å²) in [6.07, 6.45) is 10.8. The van der Waals surface area contributed by atoms with Crippen LogP contribution >= 0.6 is 67.8 Å². The lowest BCUT2D eigenvalue weighted by atomic mass is 9.98. The second-order valence-electron chi connectivity index (χ2n) is 14.3. The van der Waals surface area contributed by atoms with Gasteiger partial charge in [-0.2, -0.15) is 18.0 Å². The number of carbonyl (C=O) groups is 1. The molecule has 21 heteroatoms. The summed E-state index contributed by atoms with van der Waals surface area (Å²) in [7, 11) is -3.42. The molecule has 1 amide bonds. The number of nitrogens with two attached hydrogens (primary N) is 2. The van der Waals surface area contributed by atoms with Crippen LogP contribution in [0.3, 0.4) is 0 Å². The Kier molecular flexibility index (Phi) is 25.5. The molecule has 6 rings (SSSR count). The predicted molar refractivity (Wildman–Crippen MR) is 251 cm³/mol. The van der Waals surface area contributed by atoms with Gasteiger partial charge >= 0.3 is 12.2 Å². The highest BCUT2D eigenvalue weighted by Crippen LogP contribution is 2.30. The summed E-state index contributed by atoms with van der Waals surface area (Å²) < 4.78 is 35.6. The number of anilines is 2. The minimum atomic E-state index is -3.42. The van der Waals surface area contributed by atoms with E-state index in [4.69, 9.17) is 30.0 Å². The first-order valence-electron chi connectivity index (χ1n) is 17.4. The van der Waals surface area contributed by atoms with Crippen molar-refractivity contribution in [3.63, 3.8) is 0 Å². The van der Waals surface area contributed by atoms with Crippen molar-refractivity contribution in [3.8, 4) is 0 Å². The fourth-order valence-corrected chi connectivity index (χ4v) is 6.39. The molecule has 57 heavy (non-hydrogen) atoms. The van der Waals surface area contributed by atoms with Crippen LogP contribution in [-0.2, 0) is 28.6 Å². The van der Waals surface area contributed by atoms with Gasteiger partial charge in [-0.3, -0.25) is 9.08 Å². The van der Waals surface area contributed by atoms with E-state index in [1.165, 1.54) is 8.76 Å². The summed E-state index contributed by atoms with van der Waals surface area (Å²) in [6, 6.07) is 4.39. The molecule has 0 atom stereocenters. The lowest BCUT2D eigenvalue weighted by Gasteiger charge is -2.41. The number of carbonyl (C=O) groups excluding carboxylic acids is 3. The molecular weight excluding hydrogens is 1100 g/mol. The van der Waals surface area contributed by atoms with Crippen LogP contribution in [0.2, 0.25) is 0 Å². The van der Waals surface area contributed by atoms with Gasteiger partial charge in [-0.15, -0.1) is 0 Å². The number of aromatic amines is 1. The molecule has 0 spiro atoms. The summed E-state index contributed by atoms with van der Waals surface area (Å²) >= 11 is 6.70. The van der Waals surface area contributed by atoms with Gasteiger partial charge < -0.3 is 30.7 Å². The second kappa shape index (κ2) is 26.6. The van der Waals surface area contributed by atoms with E-state index in [9.17, 15) is 13.2 Å². The third-order valence-corrected chi connectivity index (χ3v) is 8.76. The second-order valence-corrected chi connectivity index (χ2v) is 20.3. The number of hydrogen-bond donors (Lipinski definition) is 3. The van der Waals surface area contributed by atoms with E-state index in [1.54, 1.807) is 17.4 Å². The van der Waals surface area contributed by atoms with Crippen molar-refractivity contribution < 1.29 is 31.7 Å². The number of hydrogen-bond acceptors (Lipinski definition) is 14. The van der Waals surface area contributed by atoms with Crippen molar-refractivity contribution in [2.24, 2.45) is 0 Å². The Morgan fingerprint density at radius 1 is 0.895 bits per heavy atom. The number of likely N-dealkylation sites (tertiary alicyclic amines) is 2. The van der Waals surface area contributed by atoms with Gasteiger partial charge in [0.15, 0.2) is 0 Å². The van der Waals surface area contributed by atoms with Gasteiger partial charge in [0.05, 0.1) is 25.6 Å². The van der Waals surface area contributed by atoms with Gasteiger partial charge in [-0.05, 0) is 84.3 Å². The van der Waals surface area contributed by atoms with E-state index in [1.807, 2.05) is 37.8 Å². The number of aromatic nitrogens is 6. The number of amides is 1. The summed E-state index contributed by atoms with van der Waals surface area (Å²) in [5.41, 5.74) is 12.9. The molecule has 6 heterocycles. The summed E-state index contributed by atoms with van der Waals surface area (Å²) in [6.45, 7) is 15.5. The number of nitrogen functional groups attached to an aromatic ring is 2. The molecular formula is C36H59I3N10O7S. The molecule has 4 aromatic heterocycles. The Labute approximate surface area is 378 Å². The van der Waals surface area contributed by atoms with Crippen LogP contribution in [0, 0.1) is 0 Å². The first-order valence-corrected chi connectivity index (χ1v) is 24.5. The smallest absolute Gasteiger partial charge is 0.410 e. The zero-order valence-corrected chi connectivity index (χ0v) is 40.5. The lowest BCUT2D eigenvalue weighted by Crippen LogP contribution is -2.46. The molecule has 5 N–H and O–H groups in total. The summed E-state index contributed by atoms with van der Waals surface area (Å²) in [4.78, 5) is 53.3. The zero-order chi connectivity index (χ0) is 42.7. The van der Waals surface area contributed by atoms with Gasteiger partial charge in [0.1, 0.15) is 41.2 Å². The molecule has 0 radical (unpaired) electrons. The Hall–Kier alpha value is -2.45. The van der Waals surface area contributed by atoms with E-state index in [-0.39, 0.29) is 31.3 Å². The Bertz CT molecular complexity index is 1900. The van der Waals surface area contributed by atoms with Crippen LogP contribution in [0.4, 0.5) is 16.4 Å². The minimum Gasteiger partial charge on any atom is -0.444 e. The molecule has 322 valence electrons. The Morgan fingerprint density at radius 2 is 1.40 bits per heavy atom. The number of alkyl halides is 3. The van der Waals surface area contributed by atoms with Crippen LogP contribution in [0.5, 0.6) is 0 Å². The predicted octanol–water partition coefficient (Wildman–Crippen LogP) is 7.27. The maximum atomic E-state index is 11.8. The van der Waals surface area contributed by atoms with Gasteiger partial charge in [0.2, 0.25) is 0 Å². The fraction of sp³-hybridized carbons (Fsp3) is 0.611. The van der Waals surface area contributed by atoms with Crippen LogP contribution in [-0.4, -0.2) is 117 Å². The van der Waals surface area contributed by atoms with E-state index in [0.29, 0.717) is 43.6 Å². The van der Waals surface area contributed by atoms with Crippen molar-refractivity contribution in [2.45, 2.75) is 97.9 Å². The molecule has 2 aliphatic rings. The van der Waals surface area contributed by atoms with Gasteiger partial charge in [-0.25, -0.2) is 24.7 Å². The number of H-pyrrole nitrogens is 1. The highest BCUT2D eigenvalue weighted by Gasteiger charge is 2.29.